The van der Waals surface area contributed by atoms with Crippen LogP contribution in [0, 0.1) is 51.4 Å². The summed E-state index contributed by atoms with van der Waals surface area (Å²) in [5, 5.41) is 50.9. The molecule has 0 saturated carbocycles. The van der Waals surface area contributed by atoms with Gasteiger partial charge in [0.15, 0.2) is 0 Å². The molecule has 0 spiro atoms. The topological polar surface area (TPSA) is 148 Å². The van der Waals surface area contributed by atoms with Crippen molar-refractivity contribution in [1.82, 2.24) is 31.9 Å². The molecule has 0 fully saturated rings. The van der Waals surface area contributed by atoms with Crippen LogP contribution in [0.15, 0.2) is 45.1 Å². The summed E-state index contributed by atoms with van der Waals surface area (Å²) in [5.74, 6) is 0. The van der Waals surface area contributed by atoms with E-state index in [2.05, 4.69) is 89.6 Å². The van der Waals surface area contributed by atoms with E-state index in [1.807, 2.05) is 7.05 Å². The standard InChI is InChI=1S/C46H76N10/c1-8-9-23-52-24-18-14-20-27-55-43-37(30-45(2,3)31-39(43)38(34-47)35-48)21-15-11-10-12-19-26-54-41-33-46(4,5)32-40(42(36-49)51-7)44(41)56-29-28-53-25-17-13-16-22-50-6/h50,52-56H,8-33H2,1-6H3/b42-40+. The lowest BCUT2D eigenvalue weighted by molar-refractivity contribution is 0.331. The van der Waals surface area contributed by atoms with Crippen LogP contribution in [-0.2, 0) is 0 Å². The molecule has 2 rings (SSSR count). The van der Waals surface area contributed by atoms with E-state index in [0.717, 1.165) is 164 Å². The predicted octanol–water partition coefficient (Wildman–Crippen LogP) is 8.78. The van der Waals surface area contributed by atoms with Gasteiger partial charge >= 0.3 is 0 Å². The SMILES string of the molecule is [C-]#[N+]/C(C#N)=C1\CC(C)(C)CC(NCCCCCCCC2=C(NCCCCCNCCCC)C(=C(C#N)C#N)CC(C)(C)C2)=C1NCCNCCCCCNC. The fourth-order valence-corrected chi connectivity index (χ4v) is 7.99. The molecule has 0 unspecified atom stereocenters. The Labute approximate surface area is 341 Å². The molecule has 0 aromatic carbocycles. The Kier molecular flexibility index (Phi) is 24.0. The zero-order valence-corrected chi connectivity index (χ0v) is 36.2. The van der Waals surface area contributed by atoms with Crippen molar-refractivity contribution in [2.45, 2.75) is 150 Å². The van der Waals surface area contributed by atoms with Crippen molar-refractivity contribution >= 4 is 0 Å². The molecule has 10 heteroatoms. The molecule has 0 radical (unpaired) electrons. The minimum absolute atomic E-state index is 0.0149. The van der Waals surface area contributed by atoms with Crippen LogP contribution in [0.3, 0.4) is 0 Å². The maximum absolute atomic E-state index is 9.85. The van der Waals surface area contributed by atoms with Crippen molar-refractivity contribution in [3.05, 3.63) is 56.5 Å². The number of allylic oxidation sites excluding steroid dienone is 6. The van der Waals surface area contributed by atoms with Crippen LogP contribution in [0.1, 0.15) is 150 Å². The van der Waals surface area contributed by atoms with Gasteiger partial charge in [0, 0.05) is 48.8 Å². The number of rotatable bonds is 29. The minimum Gasteiger partial charge on any atom is -0.387 e. The molecular weight excluding hydrogens is 693 g/mol. The lowest BCUT2D eigenvalue weighted by Gasteiger charge is -2.36. The highest BCUT2D eigenvalue weighted by Gasteiger charge is 2.33. The minimum atomic E-state index is -0.0427. The summed E-state index contributed by atoms with van der Waals surface area (Å²) in [5.41, 5.74) is 6.67. The third-order valence-corrected chi connectivity index (χ3v) is 10.9. The van der Waals surface area contributed by atoms with Crippen LogP contribution in [0.5, 0.6) is 0 Å². The Morgan fingerprint density at radius 3 is 1.77 bits per heavy atom. The van der Waals surface area contributed by atoms with Crippen molar-refractivity contribution < 1.29 is 0 Å². The van der Waals surface area contributed by atoms with Gasteiger partial charge in [-0.15, -0.1) is 0 Å². The Bertz CT molecular complexity index is 1340. The maximum Gasteiger partial charge on any atom is 0.267 e. The maximum atomic E-state index is 9.85. The molecule has 0 aromatic heterocycles. The fourth-order valence-electron chi connectivity index (χ4n) is 7.99. The van der Waals surface area contributed by atoms with Gasteiger partial charge in [-0.05, 0) is 132 Å². The summed E-state index contributed by atoms with van der Waals surface area (Å²) in [4.78, 5) is 3.62. The first-order valence-corrected chi connectivity index (χ1v) is 21.8. The smallest absolute Gasteiger partial charge is 0.267 e. The summed E-state index contributed by atoms with van der Waals surface area (Å²) < 4.78 is 0. The Morgan fingerprint density at radius 1 is 0.589 bits per heavy atom. The molecule has 10 nitrogen and oxygen atoms in total. The lowest BCUT2D eigenvalue weighted by atomic mass is 9.71. The number of unbranched alkanes of at least 4 members (excludes halogenated alkanes) is 9. The summed E-state index contributed by atoms with van der Waals surface area (Å²) in [7, 11) is 1.99. The highest BCUT2D eigenvalue weighted by molar-refractivity contribution is 5.52. The molecule has 2 aliphatic rings. The van der Waals surface area contributed by atoms with Crippen molar-refractivity contribution in [3.8, 4) is 18.2 Å². The van der Waals surface area contributed by atoms with Gasteiger partial charge in [-0.3, -0.25) is 0 Å². The highest BCUT2D eigenvalue weighted by atomic mass is 15.0. The average molecular weight is 769 g/mol. The van der Waals surface area contributed by atoms with E-state index < -0.39 is 0 Å². The molecule has 0 saturated heterocycles. The van der Waals surface area contributed by atoms with Gasteiger partial charge in [0.2, 0.25) is 0 Å². The van der Waals surface area contributed by atoms with Gasteiger partial charge in [0.25, 0.3) is 5.70 Å². The van der Waals surface area contributed by atoms with E-state index in [0.29, 0.717) is 6.42 Å². The first kappa shape index (κ1) is 48.3. The third kappa shape index (κ3) is 18.4. The van der Waals surface area contributed by atoms with E-state index in [4.69, 9.17) is 6.57 Å². The Hall–Kier alpha value is -3.80. The van der Waals surface area contributed by atoms with Crippen LogP contribution >= 0.6 is 0 Å². The zero-order chi connectivity index (χ0) is 41.1. The largest absolute Gasteiger partial charge is 0.387 e. The van der Waals surface area contributed by atoms with Crippen LogP contribution < -0.4 is 31.9 Å². The monoisotopic (exact) mass is 769 g/mol. The molecule has 0 aliphatic heterocycles. The fraction of sp³-hybridized carbons (Fsp3) is 0.739. The van der Waals surface area contributed by atoms with E-state index in [9.17, 15) is 15.8 Å². The quantitative estimate of drug-likeness (QED) is 0.0250. The number of nitrogens with one attached hydrogen (secondary N) is 6. The molecule has 0 heterocycles. The van der Waals surface area contributed by atoms with Crippen molar-refractivity contribution in [3.63, 3.8) is 0 Å². The van der Waals surface area contributed by atoms with Crippen molar-refractivity contribution in [1.29, 1.82) is 15.8 Å². The number of nitrogens with zero attached hydrogens (tertiary/aromatic N) is 4. The molecule has 0 atom stereocenters. The van der Waals surface area contributed by atoms with Gasteiger partial charge < -0.3 is 31.9 Å². The summed E-state index contributed by atoms with van der Waals surface area (Å²) in [6.07, 6.45) is 19.2. The zero-order valence-electron chi connectivity index (χ0n) is 36.2. The molecule has 0 aromatic rings. The predicted molar refractivity (Wildman–Crippen MR) is 232 cm³/mol. The van der Waals surface area contributed by atoms with E-state index in [1.54, 1.807) is 0 Å². The first-order valence-electron chi connectivity index (χ1n) is 21.8. The molecular formula is C46H76N10. The van der Waals surface area contributed by atoms with E-state index in [-0.39, 0.29) is 22.1 Å². The van der Waals surface area contributed by atoms with Gasteiger partial charge in [0.1, 0.15) is 17.7 Å². The summed E-state index contributed by atoms with van der Waals surface area (Å²) in [6.45, 7) is 26.4. The highest BCUT2D eigenvalue weighted by Crippen LogP contribution is 2.44. The third-order valence-electron chi connectivity index (χ3n) is 10.9. The second kappa shape index (κ2) is 27.7. The van der Waals surface area contributed by atoms with Crippen molar-refractivity contribution in [2.24, 2.45) is 10.8 Å². The van der Waals surface area contributed by atoms with Crippen LogP contribution in [-0.4, -0.2) is 59.4 Å². The number of nitriles is 3. The Balaban J connectivity index is 1.97. The molecule has 0 bridgehead atoms. The second-order valence-corrected chi connectivity index (χ2v) is 17.4. The van der Waals surface area contributed by atoms with Crippen molar-refractivity contribution in [2.75, 3.05) is 59.4 Å². The van der Waals surface area contributed by atoms with Crippen LogP contribution in [0.25, 0.3) is 4.85 Å². The molecule has 6 N–H and O–H groups in total. The second-order valence-electron chi connectivity index (χ2n) is 17.4. The Morgan fingerprint density at radius 2 is 1.12 bits per heavy atom. The molecule has 2 aliphatic carbocycles. The lowest BCUT2D eigenvalue weighted by Crippen LogP contribution is -2.36. The summed E-state index contributed by atoms with van der Waals surface area (Å²) in [6, 6.07) is 6.57. The first-order chi connectivity index (χ1) is 27.1. The van der Waals surface area contributed by atoms with Gasteiger partial charge in [-0.1, -0.05) is 73.1 Å². The van der Waals surface area contributed by atoms with Gasteiger partial charge in [-0.25, -0.2) is 10.1 Å². The number of hydrogen-bond donors (Lipinski definition) is 6. The van der Waals surface area contributed by atoms with Gasteiger partial charge in [-0.2, -0.15) is 10.5 Å². The molecule has 0 amide bonds. The normalized spacial score (nSPS) is 17.1. The van der Waals surface area contributed by atoms with E-state index in [1.165, 1.54) is 31.3 Å². The van der Waals surface area contributed by atoms with Crippen LogP contribution in [0.4, 0.5) is 0 Å². The average Bonchev–Trinajstić information content (AvgIpc) is 3.16. The van der Waals surface area contributed by atoms with Crippen LogP contribution in [0.2, 0.25) is 0 Å². The molecule has 56 heavy (non-hydrogen) atoms. The van der Waals surface area contributed by atoms with E-state index >= 15 is 0 Å². The number of hydrogen-bond acceptors (Lipinski definition) is 9. The molecule has 310 valence electrons. The summed E-state index contributed by atoms with van der Waals surface area (Å²) >= 11 is 0. The van der Waals surface area contributed by atoms with Gasteiger partial charge in [0.05, 0.1) is 12.6 Å².